The van der Waals surface area contributed by atoms with Crippen LogP contribution >= 0.6 is 0 Å². The molecule has 2 heterocycles. The Labute approximate surface area is 143 Å². The van der Waals surface area contributed by atoms with Crippen molar-refractivity contribution in [3.05, 3.63) is 29.3 Å². The monoisotopic (exact) mass is 351 g/mol. The number of nitrogens with zero attached hydrogens (tertiary/aromatic N) is 2. The van der Waals surface area contributed by atoms with Crippen molar-refractivity contribution in [2.45, 2.75) is 37.6 Å². The van der Waals surface area contributed by atoms with E-state index < -0.39 is 10.0 Å². The van der Waals surface area contributed by atoms with E-state index >= 15 is 0 Å². The number of sulfonamides is 1. The van der Waals surface area contributed by atoms with Crippen molar-refractivity contribution < 1.29 is 13.2 Å². The normalized spacial score (nSPS) is 22.8. The van der Waals surface area contributed by atoms with Crippen LogP contribution in [0.2, 0.25) is 0 Å². The van der Waals surface area contributed by atoms with Crippen LogP contribution in [0.15, 0.2) is 23.1 Å². The number of amides is 1. The number of rotatable bonds is 2. The summed E-state index contributed by atoms with van der Waals surface area (Å²) in [5.74, 6) is 0.0745. The number of benzene rings is 1. The SMILES string of the molecule is CC(=O)N1CCc2ccc(S(=O)(=O)N3CCN[C@@H](C)C3)cc2CC1. The molecule has 1 amide bonds. The second-order valence-electron chi connectivity index (χ2n) is 6.65. The Kier molecular flexibility index (Phi) is 4.94. The van der Waals surface area contributed by atoms with Gasteiger partial charge in [-0.15, -0.1) is 0 Å². The molecule has 0 spiro atoms. The maximum Gasteiger partial charge on any atom is 0.243 e. The molecule has 1 aromatic rings. The minimum Gasteiger partial charge on any atom is -0.342 e. The average molecular weight is 351 g/mol. The highest BCUT2D eigenvalue weighted by molar-refractivity contribution is 7.89. The van der Waals surface area contributed by atoms with Crippen LogP contribution < -0.4 is 5.32 Å². The summed E-state index contributed by atoms with van der Waals surface area (Å²) in [6.45, 7) is 6.60. The van der Waals surface area contributed by atoms with Gasteiger partial charge in [-0.2, -0.15) is 4.31 Å². The smallest absolute Gasteiger partial charge is 0.243 e. The van der Waals surface area contributed by atoms with E-state index in [1.54, 1.807) is 23.4 Å². The van der Waals surface area contributed by atoms with E-state index in [2.05, 4.69) is 5.32 Å². The first-order valence-electron chi connectivity index (χ1n) is 8.49. The van der Waals surface area contributed by atoms with Gasteiger partial charge < -0.3 is 10.2 Å². The van der Waals surface area contributed by atoms with Gasteiger partial charge in [0.1, 0.15) is 0 Å². The number of hydrogen-bond donors (Lipinski definition) is 1. The summed E-state index contributed by atoms with van der Waals surface area (Å²) in [5, 5.41) is 3.27. The Morgan fingerprint density at radius 3 is 2.54 bits per heavy atom. The van der Waals surface area contributed by atoms with Crippen molar-refractivity contribution in [2.75, 3.05) is 32.7 Å². The van der Waals surface area contributed by atoms with Crippen molar-refractivity contribution in [3.8, 4) is 0 Å². The zero-order valence-electron chi connectivity index (χ0n) is 14.3. The quantitative estimate of drug-likeness (QED) is 0.848. The van der Waals surface area contributed by atoms with Crippen molar-refractivity contribution >= 4 is 15.9 Å². The Bertz CT molecular complexity index is 733. The fourth-order valence-corrected chi connectivity index (χ4v) is 5.02. The first-order chi connectivity index (χ1) is 11.4. The van der Waals surface area contributed by atoms with Gasteiger partial charge in [-0.3, -0.25) is 4.79 Å². The highest BCUT2D eigenvalue weighted by Gasteiger charge is 2.29. The fraction of sp³-hybridized carbons (Fsp3) is 0.588. The van der Waals surface area contributed by atoms with Crippen molar-refractivity contribution in [1.82, 2.24) is 14.5 Å². The molecule has 1 N–H and O–H groups in total. The number of carbonyl (C=O) groups is 1. The maximum atomic E-state index is 12.9. The molecule has 0 bridgehead atoms. The van der Waals surface area contributed by atoms with Gasteiger partial charge in [0, 0.05) is 45.7 Å². The van der Waals surface area contributed by atoms with Gasteiger partial charge in [0.15, 0.2) is 0 Å². The molecule has 6 nitrogen and oxygen atoms in total. The van der Waals surface area contributed by atoms with E-state index in [0.29, 0.717) is 44.0 Å². The van der Waals surface area contributed by atoms with E-state index in [4.69, 9.17) is 0 Å². The van der Waals surface area contributed by atoms with E-state index in [0.717, 1.165) is 17.5 Å². The molecule has 3 rings (SSSR count). The van der Waals surface area contributed by atoms with E-state index in [-0.39, 0.29) is 11.9 Å². The molecular weight excluding hydrogens is 326 g/mol. The molecule has 1 aromatic carbocycles. The van der Waals surface area contributed by atoms with Gasteiger partial charge in [-0.1, -0.05) is 6.07 Å². The summed E-state index contributed by atoms with van der Waals surface area (Å²) in [6.07, 6.45) is 1.48. The lowest BCUT2D eigenvalue weighted by molar-refractivity contribution is -0.128. The van der Waals surface area contributed by atoms with Crippen LogP contribution in [-0.2, 0) is 27.7 Å². The largest absolute Gasteiger partial charge is 0.342 e. The van der Waals surface area contributed by atoms with E-state index in [9.17, 15) is 13.2 Å². The van der Waals surface area contributed by atoms with Gasteiger partial charge in [0.25, 0.3) is 0 Å². The lowest BCUT2D eigenvalue weighted by Gasteiger charge is -2.31. The van der Waals surface area contributed by atoms with Crippen LogP contribution in [0.4, 0.5) is 0 Å². The molecule has 2 aliphatic rings. The predicted octanol–water partition coefficient (Wildman–Crippen LogP) is 0.616. The minimum atomic E-state index is -3.46. The number of hydrogen-bond acceptors (Lipinski definition) is 4. The molecule has 1 fully saturated rings. The Balaban J connectivity index is 1.85. The standard InChI is InChI=1S/C17H25N3O3S/c1-13-12-20(10-7-18-13)24(22,23)17-4-3-15-5-8-19(14(2)21)9-6-16(15)11-17/h3-4,11,13,18H,5-10,12H2,1-2H3/t13-/m0/s1. The van der Waals surface area contributed by atoms with Gasteiger partial charge in [-0.25, -0.2) is 8.42 Å². The second kappa shape index (κ2) is 6.82. The lowest BCUT2D eigenvalue weighted by Crippen LogP contribution is -2.51. The summed E-state index contributed by atoms with van der Waals surface area (Å²) >= 11 is 0. The fourth-order valence-electron chi connectivity index (χ4n) is 3.44. The van der Waals surface area contributed by atoms with Crippen LogP contribution in [0.25, 0.3) is 0 Å². The molecule has 2 aliphatic heterocycles. The highest BCUT2D eigenvalue weighted by Crippen LogP contribution is 2.23. The van der Waals surface area contributed by atoms with E-state index in [1.165, 1.54) is 0 Å². The average Bonchev–Trinajstić information content (AvgIpc) is 2.76. The summed E-state index contributed by atoms with van der Waals surface area (Å²) in [4.78, 5) is 13.8. The molecule has 0 aromatic heterocycles. The molecule has 132 valence electrons. The molecule has 0 unspecified atom stereocenters. The van der Waals surface area contributed by atoms with Crippen LogP contribution in [0.5, 0.6) is 0 Å². The highest BCUT2D eigenvalue weighted by atomic mass is 32.2. The molecule has 1 saturated heterocycles. The first kappa shape index (κ1) is 17.4. The zero-order valence-corrected chi connectivity index (χ0v) is 15.1. The number of nitrogens with one attached hydrogen (secondary N) is 1. The zero-order chi connectivity index (χ0) is 17.3. The summed E-state index contributed by atoms with van der Waals surface area (Å²) in [6, 6.07) is 5.60. The van der Waals surface area contributed by atoms with Crippen molar-refractivity contribution in [2.24, 2.45) is 0 Å². The summed E-state index contributed by atoms with van der Waals surface area (Å²) in [5.41, 5.74) is 2.19. The molecular formula is C17H25N3O3S. The third-order valence-electron chi connectivity index (χ3n) is 4.89. The Hall–Kier alpha value is -1.44. The maximum absolute atomic E-state index is 12.9. The summed E-state index contributed by atoms with van der Waals surface area (Å²) < 4.78 is 27.4. The van der Waals surface area contributed by atoms with Crippen molar-refractivity contribution in [3.63, 3.8) is 0 Å². The third kappa shape index (κ3) is 3.48. The van der Waals surface area contributed by atoms with Gasteiger partial charge >= 0.3 is 0 Å². The topological polar surface area (TPSA) is 69.7 Å². The molecule has 7 heteroatoms. The van der Waals surface area contributed by atoms with E-state index in [1.807, 2.05) is 17.9 Å². The first-order valence-corrected chi connectivity index (χ1v) is 9.93. The van der Waals surface area contributed by atoms with Gasteiger partial charge in [0.05, 0.1) is 4.90 Å². The van der Waals surface area contributed by atoms with Crippen LogP contribution in [0.1, 0.15) is 25.0 Å². The molecule has 0 saturated carbocycles. The predicted molar refractivity (Wildman–Crippen MR) is 92.3 cm³/mol. The van der Waals surface area contributed by atoms with Crippen LogP contribution in [0, 0.1) is 0 Å². The lowest BCUT2D eigenvalue weighted by atomic mass is 10.0. The minimum absolute atomic E-state index is 0.0745. The molecule has 0 radical (unpaired) electrons. The molecule has 0 aliphatic carbocycles. The number of piperazine rings is 1. The van der Waals surface area contributed by atoms with Crippen molar-refractivity contribution in [1.29, 1.82) is 0 Å². The van der Waals surface area contributed by atoms with Gasteiger partial charge in [-0.05, 0) is 43.0 Å². The second-order valence-corrected chi connectivity index (χ2v) is 8.59. The number of carbonyl (C=O) groups excluding carboxylic acids is 1. The molecule has 1 atom stereocenters. The van der Waals surface area contributed by atoms with Gasteiger partial charge in [0.2, 0.25) is 15.9 Å². The molecule has 24 heavy (non-hydrogen) atoms. The third-order valence-corrected chi connectivity index (χ3v) is 6.76. The number of fused-ring (bicyclic) bond motifs is 1. The van der Waals surface area contributed by atoms with Crippen LogP contribution in [-0.4, -0.2) is 62.3 Å². The Morgan fingerprint density at radius 1 is 1.17 bits per heavy atom. The summed E-state index contributed by atoms with van der Waals surface area (Å²) in [7, 11) is -3.46. The Morgan fingerprint density at radius 2 is 1.88 bits per heavy atom. The van der Waals surface area contributed by atoms with Crippen LogP contribution in [0.3, 0.4) is 0 Å².